The standard InChI is InChI=1S/C14H16N2O2/c1-3-4-6-9(2)16-13(17)10-7-5-8-11(15)12(10)14(16)18/h3,5,7-9H,1,4,6,15H2,2H3. The fraction of sp³-hybridized carbons (Fsp3) is 0.286. The fourth-order valence-corrected chi connectivity index (χ4v) is 2.22. The van der Waals surface area contributed by atoms with Crippen LogP contribution in [0.5, 0.6) is 0 Å². The number of nitrogens with zero attached hydrogens (tertiary/aromatic N) is 1. The third-order valence-electron chi connectivity index (χ3n) is 3.21. The molecule has 94 valence electrons. The van der Waals surface area contributed by atoms with Crippen molar-refractivity contribution in [1.82, 2.24) is 4.90 Å². The zero-order chi connectivity index (χ0) is 13.3. The topological polar surface area (TPSA) is 63.4 Å². The summed E-state index contributed by atoms with van der Waals surface area (Å²) < 4.78 is 0. The van der Waals surface area contributed by atoms with Crippen molar-refractivity contribution in [3.8, 4) is 0 Å². The molecule has 2 amide bonds. The Morgan fingerprint density at radius 2 is 2.11 bits per heavy atom. The van der Waals surface area contributed by atoms with Gasteiger partial charge >= 0.3 is 0 Å². The third-order valence-corrected chi connectivity index (χ3v) is 3.21. The maximum Gasteiger partial charge on any atom is 0.263 e. The van der Waals surface area contributed by atoms with Crippen LogP contribution in [0, 0.1) is 0 Å². The van der Waals surface area contributed by atoms with E-state index in [4.69, 9.17) is 5.73 Å². The van der Waals surface area contributed by atoms with Gasteiger partial charge < -0.3 is 5.73 Å². The number of fused-ring (bicyclic) bond motifs is 1. The van der Waals surface area contributed by atoms with E-state index in [2.05, 4.69) is 6.58 Å². The Kier molecular flexibility index (Phi) is 3.19. The zero-order valence-corrected chi connectivity index (χ0v) is 10.3. The molecule has 18 heavy (non-hydrogen) atoms. The van der Waals surface area contributed by atoms with Crippen LogP contribution in [0.1, 0.15) is 40.5 Å². The van der Waals surface area contributed by atoms with Gasteiger partial charge in [-0.25, -0.2) is 0 Å². The first kappa shape index (κ1) is 12.4. The van der Waals surface area contributed by atoms with E-state index in [1.807, 2.05) is 6.92 Å². The van der Waals surface area contributed by atoms with Gasteiger partial charge in [-0.15, -0.1) is 6.58 Å². The second-order valence-corrected chi connectivity index (χ2v) is 4.47. The fourth-order valence-electron chi connectivity index (χ4n) is 2.22. The van der Waals surface area contributed by atoms with E-state index in [1.165, 1.54) is 4.90 Å². The molecule has 1 atom stereocenters. The van der Waals surface area contributed by atoms with Crippen LogP contribution in [0.3, 0.4) is 0 Å². The van der Waals surface area contributed by atoms with Crippen molar-refractivity contribution < 1.29 is 9.59 Å². The van der Waals surface area contributed by atoms with Crippen molar-refractivity contribution in [2.45, 2.75) is 25.8 Å². The van der Waals surface area contributed by atoms with Gasteiger partial charge in [0, 0.05) is 11.7 Å². The number of nitrogen functional groups attached to an aromatic ring is 1. The number of benzene rings is 1. The summed E-state index contributed by atoms with van der Waals surface area (Å²) >= 11 is 0. The predicted octanol–water partition coefficient (Wildman–Crippen LogP) is 2.22. The van der Waals surface area contributed by atoms with Crippen LogP contribution in [-0.4, -0.2) is 22.8 Å². The van der Waals surface area contributed by atoms with Gasteiger partial charge in [0.2, 0.25) is 0 Å². The SMILES string of the molecule is C=CCCC(C)N1C(=O)c2cccc(N)c2C1=O. The molecule has 0 aliphatic carbocycles. The van der Waals surface area contributed by atoms with Crippen LogP contribution < -0.4 is 5.73 Å². The van der Waals surface area contributed by atoms with E-state index < -0.39 is 0 Å². The van der Waals surface area contributed by atoms with E-state index in [-0.39, 0.29) is 17.9 Å². The molecule has 0 fully saturated rings. The normalized spacial score (nSPS) is 15.7. The van der Waals surface area contributed by atoms with Crippen LogP contribution in [0.2, 0.25) is 0 Å². The van der Waals surface area contributed by atoms with Crippen LogP contribution in [-0.2, 0) is 0 Å². The lowest BCUT2D eigenvalue weighted by Crippen LogP contribution is -2.37. The number of carbonyl (C=O) groups is 2. The maximum absolute atomic E-state index is 12.2. The van der Waals surface area contributed by atoms with Crippen LogP contribution in [0.25, 0.3) is 0 Å². The van der Waals surface area contributed by atoms with Crippen molar-refractivity contribution in [3.63, 3.8) is 0 Å². The molecule has 0 saturated carbocycles. The van der Waals surface area contributed by atoms with Crippen LogP contribution in [0.4, 0.5) is 5.69 Å². The Bertz CT molecular complexity index is 523. The Balaban J connectivity index is 2.34. The monoisotopic (exact) mass is 244 g/mol. The summed E-state index contributed by atoms with van der Waals surface area (Å²) in [5.74, 6) is -0.538. The maximum atomic E-state index is 12.2. The number of amides is 2. The van der Waals surface area contributed by atoms with Gasteiger partial charge in [0.1, 0.15) is 0 Å². The lowest BCUT2D eigenvalue weighted by molar-refractivity contribution is 0.0591. The van der Waals surface area contributed by atoms with Crippen molar-refractivity contribution in [3.05, 3.63) is 42.0 Å². The average Bonchev–Trinajstić information content (AvgIpc) is 2.60. The minimum Gasteiger partial charge on any atom is -0.398 e. The lowest BCUT2D eigenvalue weighted by Gasteiger charge is -2.21. The van der Waals surface area contributed by atoms with Gasteiger partial charge in [-0.05, 0) is 31.9 Å². The summed E-state index contributed by atoms with van der Waals surface area (Å²) in [7, 11) is 0. The van der Waals surface area contributed by atoms with Crippen molar-refractivity contribution in [2.24, 2.45) is 0 Å². The molecule has 0 bridgehead atoms. The molecular formula is C14H16N2O2. The van der Waals surface area contributed by atoms with E-state index in [9.17, 15) is 9.59 Å². The molecule has 0 saturated heterocycles. The number of nitrogens with two attached hydrogens (primary N) is 1. The second-order valence-electron chi connectivity index (χ2n) is 4.47. The second kappa shape index (κ2) is 4.64. The van der Waals surface area contributed by atoms with Gasteiger partial charge in [0.05, 0.1) is 11.1 Å². The molecule has 2 N–H and O–H groups in total. The molecule has 1 unspecified atom stereocenters. The molecule has 1 aliphatic heterocycles. The average molecular weight is 244 g/mol. The van der Waals surface area contributed by atoms with Crippen molar-refractivity contribution in [1.29, 1.82) is 0 Å². The highest BCUT2D eigenvalue weighted by Gasteiger charge is 2.39. The van der Waals surface area contributed by atoms with Gasteiger partial charge in [0.15, 0.2) is 0 Å². The Labute approximate surface area is 106 Å². The first-order chi connectivity index (χ1) is 8.57. The van der Waals surface area contributed by atoms with Gasteiger partial charge in [-0.1, -0.05) is 12.1 Å². The number of anilines is 1. The summed E-state index contributed by atoms with van der Waals surface area (Å²) in [4.78, 5) is 25.7. The molecule has 4 heteroatoms. The summed E-state index contributed by atoms with van der Waals surface area (Å²) in [6.07, 6.45) is 3.27. The molecule has 1 heterocycles. The van der Waals surface area contributed by atoms with Crippen molar-refractivity contribution >= 4 is 17.5 Å². The summed E-state index contributed by atoms with van der Waals surface area (Å²) in [5, 5.41) is 0. The van der Waals surface area contributed by atoms with E-state index in [0.29, 0.717) is 16.8 Å². The van der Waals surface area contributed by atoms with E-state index in [1.54, 1.807) is 24.3 Å². The van der Waals surface area contributed by atoms with Gasteiger partial charge in [0.25, 0.3) is 11.8 Å². The number of imide groups is 1. The number of allylic oxidation sites excluding steroid dienone is 1. The number of rotatable bonds is 4. The highest BCUT2D eigenvalue weighted by Crippen LogP contribution is 2.29. The Morgan fingerprint density at radius 3 is 2.72 bits per heavy atom. The molecule has 0 spiro atoms. The van der Waals surface area contributed by atoms with Crippen LogP contribution >= 0.6 is 0 Å². The van der Waals surface area contributed by atoms with Crippen molar-refractivity contribution in [2.75, 3.05) is 5.73 Å². The largest absolute Gasteiger partial charge is 0.398 e. The highest BCUT2D eigenvalue weighted by molar-refractivity contribution is 6.23. The summed E-state index contributed by atoms with van der Waals surface area (Å²) in [5.41, 5.74) is 6.88. The molecule has 2 rings (SSSR count). The third kappa shape index (κ3) is 1.79. The predicted molar refractivity (Wildman–Crippen MR) is 70.2 cm³/mol. The first-order valence-corrected chi connectivity index (χ1v) is 5.95. The first-order valence-electron chi connectivity index (χ1n) is 5.95. The summed E-state index contributed by atoms with van der Waals surface area (Å²) in [6, 6.07) is 4.83. The quantitative estimate of drug-likeness (QED) is 0.502. The Morgan fingerprint density at radius 1 is 1.39 bits per heavy atom. The van der Waals surface area contributed by atoms with E-state index in [0.717, 1.165) is 12.8 Å². The zero-order valence-electron chi connectivity index (χ0n) is 10.3. The van der Waals surface area contributed by atoms with E-state index >= 15 is 0 Å². The molecule has 1 aromatic carbocycles. The lowest BCUT2D eigenvalue weighted by atomic mass is 10.1. The molecule has 1 aromatic rings. The van der Waals surface area contributed by atoms with Gasteiger partial charge in [-0.3, -0.25) is 14.5 Å². The smallest absolute Gasteiger partial charge is 0.263 e. The minimum atomic E-state index is -0.287. The minimum absolute atomic E-state index is 0.144. The molecule has 0 aromatic heterocycles. The van der Waals surface area contributed by atoms with Crippen LogP contribution in [0.15, 0.2) is 30.9 Å². The molecule has 4 nitrogen and oxygen atoms in total. The molecular weight excluding hydrogens is 228 g/mol. The number of hydrogen-bond acceptors (Lipinski definition) is 3. The highest BCUT2D eigenvalue weighted by atomic mass is 16.2. The number of hydrogen-bond donors (Lipinski definition) is 1. The summed E-state index contributed by atoms with van der Waals surface area (Å²) in [6.45, 7) is 5.51. The molecule has 1 aliphatic rings. The Hall–Kier alpha value is -2.10. The molecule has 0 radical (unpaired) electrons. The van der Waals surface area contributed by atoms with Gasteiger partial charge in [-0.2, -0.15) is 0 Å². The number of carbonyl (C=O) groups excluding carboxylic acids is 2.